The lowest BCUT2D eigenvalue weighted by Gasteiger charge is -2.38. The number of aryl methyl sites for hydroxylation is 1. The van der Waals surface area contributed by atoms with E-state index in [9.17, 15) is 18.0 Å². The van der Waals surface area contributed by atoms with Crippen LogP contribution in [0.3, 0.4) is 0 Å². The number of rotatable bonds is 2. The van der Waals surface area contributed by atoms with Crippen molar-refractivity contribution in [2.75, 3.05) is 13.2 Å². The topological polar surface area (TPSA) is 69.0 Å². The number of halogens is 3. The summed E-state index contributed by atoms with van der Waals surface area (Å²) in [4.78, 5) is 19.0. The number of fused-ring (bicyclic) bond motifs is 1. The number of ether oxygens (including phenoxy) is 2. The van der Waals surface area contributed by atoms with E-state index in [0.29, 0.717) is 31.6 Å². The summed E-state index contributed by atoms with van der Waals surface area (Å²) in [7, 11) is 0. The number of hydrogen-bond donors (Lipinski definition) is 0. The Labute approximate surface area is 197 Å². The summed E-state index contributed by atoms with van der Waals surface area (Å²) in [5.74, 6) is -1.26. The van der Waals surface area contributed by atoms with Gasteiger partial charge < -0.3 is 14.4 Å². The second-order valence-corrected chi connectivity index (χ2v) is 10.6. The van der Waals surface area contributed by atoms with Crippen LogP contribution in [0.4, 0.5) is 18.0 Å². The van der Waals surface area contributed by atoms with Gasteiger partial charge in [-0.1, -0.05) is 0 Å². The predicted molar refractivity (Wildman–Crippen MR) is 120 cm³/mol. The molecule has 1 aliphatic carbocycles. The maximum Gasteiger partial charge on any atom is 0.410 e. The van der Waals surface area contributed by atoms with Crippen LogP contribution in [-0.2, 0) is 9.47 Å². The molecule has 7 nitrogen and oxygen atoms in total. The number of amides is 1. The quantitative estimate of drug-likeness (QED) is 0.560. The Balaban J connectivity index is 1.57. The molecule has 34 heavy (non-hydrogen) atoms. The van der Waals surface area contributed by atoms with Gasteiger partial charge in [-0.15, -0.1) is 0 Å². The largest absolute Gasteiger partial charge is 0.444 e. The number of hydrogen-bond acceptors (Lipinski definition) is 5. The monoisotopic (exact) mass is 482 g/mol. The highest BCUT2D eigenvalue weighted by molar-refractivity contribution is 5.68. The van der Waals surface area contributed by atoms with Crippen molar-refractivity contribution in [3.8, 4) is 0 Å². The van der Waals surface area contributed by atoms with Gasteiger partial charge in [-0.25, -0.2) is 14.3 Å². The molecule has 2 fully saturated rings. The van der Waals surface area contributed by atoms with Gasteiger partial charge in [0, 0.05) is 17.7 Å². The van der Waals surface area contributed by atoms with E-state index >= 15 is 0 Å². The van der Waals surface area contributed by atoms with E-state index in [2.05, 4.69) is 4.98 Å². The lowest BCUT2D eigenvalue weighted by Crippen LogP contribution is -2.50. The van der Waals surface area contributed by atoms with Crippen molar-refractivity contribution in [2.24, 2.45) is 5.92 Å². The van der Waals surface area contributed by atoms with E-state index in [-0.39, 0.29) is 24.8 Å². The highest BCUT2D eigenvalue weighted by Crippen LogP contribution is 2.42. The first-order valence-electron chi connectivity index (χ1n) is 11.9. The Bertz CT molecular complexity index is 1040. The molecule has 0 bridgehead atoms. The minimum atomic E-state index is -4.13. The number of aromatic nitrogens is 3. The van der Waals surface area contributed by atoms with Crippen LogP contribution >= 0.6 is 0 Å². The molecule has 0 N–H and O–H groups in total. The average molecular weight is 483 g/mol. The van der Waals surface area contributed by atoms with Gasteiger partial charge in [0.05, 0.1) is 36.5 Å². The van der Waals surface area contributed by atoms with Crippen LogP contribution in [0.5, 0.6) is 0 Å². The van der Waals surface area contributed by atoms with Crippen molar-refractivity contribution < 1.29 is 27.4 Å². The van der Waals surface area contributed by atoms with E-state index in [1.54, 1.807) is 9.42 Å². The van der Waals surface area contributed by atoms with Gasteiger partial charge in [-0.2, -0.15) is 18.3 Å². The van der Waals surface area contributed by atoms with Gasteiger partial charge in [-0.3, -0.25) is 0 Å². The fraction of sp³-hybridized carbons (Fsp3) is 0.708. The molecule has 0 unspecified atom stereocenters. The Morgan fingerprint density at radius 1 is 1.15 bits per heavy atom. The van der Waals surface area contributed by atoms with E-state index in [1.165, 1.54) is 0 Å². The predicted octanol–water partition coefficient (Wildman–Crippen LogP) is 5.57. The summed E-state index contributed by atoms with van der Waals surface area (Å²) < 4.78 is 52.6. The zero-order valence-corrected chi connectivity index (χ0v) is 20.4. The average Bonchev–Trinajstić information content (AvgIpc) is 3.15. The minimum Gasteiger partial charge on any atom is -0.444 e. The van der Waals surface area contributed by atoms with Crippen molar-refractivity contribution in [1.29, 1.82) is 0 Å². The third kappa shape index (κ3) is 5.31. The molecule has 0 aromatic carbocycles. The molecule has 1 saturated heterocycles. The third-order valence-electron chi connectivity index (χ3n) is 6.60. The molecule has 1 amide bonds. The highest BCUT2D eigenvalue weighted by atomic mass is 19.4. The first kappa shape index (κ1) is 24.8. The lowest BCUT2D eigenvalue weighted by atomic mass is 9.80. The fourth-order valence-corrected chi connectivity index (χ4v) is 4.80. The van der Waals surface area contributed by atoms with Crippen molar-refractivity contribution in [1.82, 2.24) is 19.5 Å². The van der Waals surface area contributed by atoms with Gasteiger partial charge in [0.1, 0.15) is 11.7 Å². The molecule has 1 saturated carbocycles. The van der Waals surface area contributed by atoms with Crippen LogP contribution < -0.4 is 0 Å². The molecule has 0 spiro atoms. The Hall–Kier alpha value is -2.36. The number of carbonyl (C=O) groups is 1. The van der Waals surface area contributed by atoms with Crippen molar-refractivity contribution in [3.63, 3.8) is 0 Å². The van der Waals surface area contributed by atoms with Crippen molar-refractivity contribution in [3.05, 3.63) is 29.2 Å². The number of carbonyl (C=O) groups excluding carboxylic acids is 1. The van der Waals surface area contributed by atoms with Gasteiger partial charge in [0.25, 0.3) is 0 Å². The van der Waals surface area contributed by atoms with Crippen LogP contribution in [0.1, 0.15) is 82.5 Å². The van der Waals surface area contributed by atoms with E-state index < -0.39 is 29.9 Å². The van der Waals surface area contributed by atoms with Crippen molar-refractivity contribution in [2.45, 2.75) is 90.1 Å². The van der Waals surface area contributed by atoms with Crippen LogP contribution in [0.25, 0.3) is 5.65 Å². The number of morpholine rings is 1. The molecular weight excluding hydrogens is 449 g/mol. The summed E-state index contributed by atoms with van der Waals surface area (Å²) in [5.41, 5.74) is 2.33. The number of alkyl halides is 3. The maximum absolute atomic E-state index is 13.1. The molecule has 3 heterocycles. The second-order valence-electron chi connectivity index (χ2n) is 10.6. The molecule has 4 rings (SSSR count). The molecule has 2 aliphatic rings. The molecule has 2 aromatic rings. The third-order valence-corrected chi connectivity index (χ3v) is 6.60. The SMILES string of the molecule is Cc1cc([C@H]2CN(C(=O)OC(C)(C)C)[C@@H](C)CO2)n2nc(C3CCC(C(F)(F)F)CC3)cc2n1. The molecule has 188 valence electrons. The van der Waals surface area contributed by atoms with Crippen LogP contribution in [-0.4, -0.2) is 56.6 Å². The molecule has 2 aromatic heterocycles. The zero-order chi connectivity index (χ0) is 24.8. The Morgan fingerprint density at radius 3 is 2.44 bits per heavy atom. The highest BCUT2D eigenvalue weighted by Gasteiger charge is 2.42. The van der Waals surface area contributed by atoms with E-state index in [0.717, 1.165) is 17.1 Å². The van der Waals surface area contributed by atoms with Gasteiger partial charge in [0.15, 0.2) is 5.65 Å². The van der Waals surface area contributed by atoms with E-state index in [1.807, 2.05) is 46.8 Å². The second kappa shape index (κ2) is 9.02. The maximum atomic E-state index is 13.1. The molecule has 1 aliphatic heterocycles. The molecule has 0 radical (unpaired) electrons. The fourth-order valence-electron chi connectivity index (χ4n) is 4.80. The van der Waals surface area contributed by atoms with Gasteiger partial charge >= 0.3 is 12.3 Å². The Kier molecular flexibility index (Phi) is 6.56. The summed E-state index contributed by atoms with van der Waals surface area (Å²) in [6.07, 6.45) is -3.81. The first-order chi connectivity index (χ1) is 15.8. The van der Waals surface area contributed by atoms with Crippen LogP contribution in [0, 0.1) is 12.8 Å². The smallest absolute Gasteiger partial charge is 0.410 e. The first-order valence-corrected chi connectivity index (χ1v) is 11.9. The van der Waals surface area contributed by atoms with Crippen molar-refractivity contribution >= 4 is 11.7 Å². The van der Waals surface area contributed by atoms with E-state index in [4.69, 9.17) is 14.6 Å². The standard InChI is InChI=1S/C24H33F3N4O3/c1-14-10-19(20-12-30(15(2)13-33-20)22(32)34-23(3,4)5)31-21(28-14)11-18(29-31)16-6-8-17(9-7-16)24(25,26)27/h10-11,15-17,20H,6-9,12-13H2,1-5H3/t15-,16?,17?,20+/m0/s1. The minimum absolute atomic E-state index is 0.0287. The number of nitrogens with zero attached hydrogens (tertiary/aromatic N) is 4. The lowest BCUT2D eigenvalue weighted by molar-refractivity contribution is -0.182. The molecular formula is C24H33F3N4O3. The summed E-state index contributed by atoms with van der Waals surface area (Å²) in [5, 5.41) is 4.75. The summed E-state index contributed by atoms with van der Waals surface area (Å²) >= 11 is 0. The summed E-state index contributed by atoms with van der Waals surface area (Å²) in [6, 6.07) is 3.62. The summed E-state index contributed by atoms with van der Waals surface area (Å²) in [6.45, 7) is 9.94. The van der Waals surface area contributed by atoms with Crippen LogP contribution in [0.2, 0.25) is 0 Å². The molecule has 10 heteroatoms. The van der Waals surface area contributed by atoms with Gasteiger partial charge in [0.2, 0.25) is 0 Å². The molecule has 2 atom stereocenters. The van der Waals surface area contributed by atoms with Crippen LogP contribution in [0.15, 0.2) is 12.1 Å². The Morgan fingerprint density at radius 2 is 1.82 bits per heavy atom. The normalized spacial score (nSPS) is 26.6. The zero-order valence-electron chi connectivity index (χ0n) is 20.4. The van der Waals surface area contributed by atoms with Gasteiger partial charge in [-0.05, 0) is 66.4 Å².